The van der Waals surface area contributed by atoms with Gasteiger partial charge < -0.3 is 15.0 Å². The SMILES string of the molecule is Cc1cc(N2CCN(C3COC3)CC2)cc(Nc2ncn(-c3ccccc3)n2)c1C. The first-order valence-electron chi connectivity index (χ1n) is 10.6. The normalized spacial score (nSPS) is 17.7. The van der Waals surface area contributed by atoms with E-state index < -0.39 is 0 Å². The number of aromatic nitrogens is 3. The van der Waals surface area contributed by atoms with E-state index in [9.17, 15) is 0 Å². The Kier molecular flexibility index (Phi) is 5.14. The van der Waals surface area contributed by atoms with E-state index in [1.165, 1.54) is 16.8 Å². The Morgan fingerprint density at radius 3 is 2.43 bits per heavy atom. The standard InChI is InChI=1S/C23H28N6O/c1-17-12-20(27-8-10-28(11-9-27)21-14-30-15-21)13-22(18(17)2)25-23-24-16-29(26-23)19-6-4-3-5-7-19/h3-7,12-13,16,21H,8-11,14-15H2,1-2H3,(H,25,26). The van der Waals surface area contributed by atoms with Crippen molar-refractivity contribution in [1.82, 2.24) is 19.7 Å². The Morgan fingerprint density at radius 2 is 1.73 bits per heavy atom. The van der Waals surface area contributed by atoms with Gasteiger partial charge in [0.15, 0.2) is 0 Å². The molecule has 0 atom stereocenters. The van der Waals surface area contributed by atoms with Crippen molar-refractivity contribution in [1.29, 1.82) is 0 Å². The second-order valence-electron chi connectivity index (χ2n) is 8.12. The van der Waals surface area contributed by atoms with Crippen LogP contribution in [0.5, 0.6) is 0 Å². The summed E-state index contributed by atoms with van der Waals surface area (Å²) in [5.41, 5.74) is 5.81. The third-order valence-corrected chi connectivity index (χ3v) is 6.23. The molecule has 1 N–H and O–H groups in total. The summed E-state index contributed by atoms with van der Waals surface area (Å²) in [6, 6.07) is 15.2. The van der Waals surface area contributed by atoms with E-state index in [0.717, 1.165) is 50.8 Å². The van der Waals surface area contributed by atoms with Gasteiger partial charge in [0.1, 0.15) is 6.33 Å². The number of hydrogen-bond acceptors (Lipinski definition) is 6. The van der Waals surface area contributed by atoms with E-state index in [1.54, 1.807) is 11.0 Å². The molecule has 0 saturated carbocycles. The second-order valence-corrected chi connectivity index (χ2v) is 8.12. The van der Waals surface area contributed by atoms with Crippen molar-refractivity contribution in [3.8, 4) is 5.69 Å². The minimum absolute atomic E-state index is 0.605. The van der Waals surface area contributed by atoms with Crippen LogP contribution in [0.1, 0.15) is 11.1 Å². The van der Waals surface area contributed by atoms with Crippen LogP contribution in [-0.2, 0) is 4.74 Å². The van der Waals surface area contributed by atoms with E-state index in [2.05, 4.69) is 51.2 Å². The zero-order valence-corrected chi connectivity index (χ0v) is 17.6. The molecule has 0 unspecified atom stereocenters. The summed E-state index contributed by atoms with van der Waals surface area (Å²) >= 11 is 0. The maximum absolute atomic E-state index is 5.35. The molecule has 2 saturated heterocycles. The summed E-state index contributed by atoms with van der Waals surface area (Å²) in [7, 11) is 0. The van der Waals surface area contributed by atoms with Crippen LogP contribution in [0.3, 0.4) is 0 Å². The minimum atomic E-state index is 0.605. The maximum Gasteiger partial charge on any atom is 0.246 e. The molecule has 0 bridgehead atoms. The number of nitrogens with one attached hydrogen (secondary N) is 1. The topological polar surface area (TPSA) is 58.5 Å². The van der Waals surface area contributed by atoms with Crippen molar-refractivity contribution < 1.29 is 4.74 Å². The van der Waals surface area contributed by atoms with Gasteiger partial charge in [-0.15, -0.1) is 5.10 Å². The van der Waals surface area contributed by atoms with Crippen molar-refractivity contribution in [2.45, 2.75) is 19.9 Å². The molecule has 2 aliphatic heterocycles. The zero-order valence-electron chi connectivity index (χ0n) is 17.6. The molecule has 2 aromatic carbocycles. The molecule has 7 heteroatoms. The van der Waals surface area contributed by atoms with Gasteiger partial charge in [0.25, 0.3) is 0 Å². The van der Waals surface area contributed by atoms with Gasteiger partial charge in [-0.1, -0.05) is 18.2 Å². The van der Waals surface area contributed by atoms with Gasteiger partial charge in [0.2, 0.25) is 5.95 Å². The first-order chi connectivity index (χ1) is 14.7. The van der Waals surface area contributed by atoms with E-state index in [1.807, 2.05) is 30.3 Å². The van der Waals surface area contributed by atoms with E-state index in [4.69, 9.17) is 4.74 Å². The molecule has 0 radical (unpaired) electrons. The fourth-order valence-electron chi connectivity index (χ4n) is 4.08. The second kappa shape index (κ2) is 8.08. The highest BCUT2D eigenvalue weighted by molar-refractivity contribution is 5.68. The number of anilines is 3. The average molecular weight is 405 g/mol. The van der Waals surface area contributed by atoms with Crippen LogP contribution >= 0.6 is 0 Å². The molecule has 2 fully saturated rings. The Bertz CT molecular complexity index is 1010. The Labute approximate surface area is 177 Å². The van der Waals surface area contributed by atoms with Gasteiger partial charge in [-0.05, 0) is 49.2 Å². The van der Waals surface area contributed by atoms with Crippen LogP contribution in [-0.4, -0.2) is 65.1 Å². The molecule has 0 spiro atoms. The number of benzene rings is 2. The summed E-state index contributed by atoms with van der Waals surface area (Å²) < 4.78 is 7.14. The van der Waals surface area contributed by atoms with Gasteiger partial charge in [0, 0.05) is 37.6 Å². The number of ether oxygens (including phenoxy) is 1. The quantitative estimate of drug-likeness (QED) is 0.705. The van der Waals surface area contributed by atoms with Crippen LogP contribution in [0, 0.1) is 13.8 Å². The Hall–Kier alpha value is -2.90. The van der Waals surface area contributed by atoms with Crippen LogP contribution in [0.15, 0.2) is 48.8 Å². The third-order valence-electron chi connectivity index (χ3n) is 6.23. The molecular weight excluding hydrogens is 376 g/mol. The number of hydrogen-bond donors (Lipinski definition) is 1. The first-order valence-corrected chi connectivity index (χ1v) is 10.6. The van der Waals surface area contributed by atoms with Crippen LogP contribution < -0.4 is 10.2 Å². The summed E-state index contributed by atoms with van der Waals surface area (Å²) in [6.45, 7) is 10.4. The first kappa shape index (κ1) is 19.1. The number of rotatable bonds is 5. The fourth-order valence-corrected chi connectivity index (χ4v) is 4.08. The minimum Gasteiger partial charge on any atom is -0.378 e. The largest absolute Gasteiger partial charge is 0.378 e. The molecule has 156 valence electrons. The molecule has 7 nitrogen and oxygen atoms in total. The van der Waals surface area contributed by atoms with Crippen molar-refractivity contribution in [3.05, 3.63) is 59.9 Å². The molecule has 3 heterocycles. The lowest BCUT2D eigenvalue weighted by Gasteiger charge is -2.43. The van der Waals surface area contributed by atoms with Crippen molar-refractivity contribution in [2.24, 2.45) is 0 Å². The highest BCUT2D eigenvalue weighted by Gasteiger charge is 2.29. The summed E-state index contributed by atoms with van der Waals surface area (Å²) in [6.07, 6.45) is 1.74. The zero-order chi connectivity index (χ0) is 20.5. The van der Waals surface area contributed by atoms with Gasteiger partial charge in [-0.2, -0.15) is 4.98 Å². The summed E-state index contributed by atoms with van der Waals surface area (Å²) in [5.74, 6) is 0.605. The smallest absolute Gasteiger partial charge is 0.246 e. The van der Waals surface area contributed by atoms with Crippen LogP contribution in [0.2, 0.25) is 0 Å². The Balaban J connectivity index is 1.32. The number of aryl methyl sites for hydroxylation is 1. The molecule has 2 aliphatic rings. The lowest BCUT2D eigenvalue weighted by Crippen LogP contribution is -2.56. The molecule has 0 aliphatic carbocycles. The van der Waals surface area contributed by atoms with Gasteiger partial charge in [0.05, 0.1) is 24.9 Å². The van der Waals surface area contributed by atoms with Crippen molar-refractivity contribution >= 4 is 17.3 Å². The van der Waals surface area contributed by atoms with Crippen LogP contribution in [0.25, 0.3) is 5.69 Å². The van der Waals surface area contributed by atoms with Gasteiger partial charge in [-0.3, -0.25) is 4.90 Å². The molecule has 30 heavy (non-hydrogen) atoms. The van der Waals surface area contributed by atoms with Gasteiger partial charge in [-0.25, -0.2) is 4.68 Å². The number of nitrogens with zero attached hydrogens (tertiary/aromatic N) is 5. The molecule has 0 amide bonds. The molecule has 1 aromatic heterocycles. The molecular formula is C23H28N6O. The maximum atomic E-state index is 5.35. The lowest BCUT2D eigenvalue weighted by molar-refractivity contribution is -0.0660. The monoisotopic (exact) mass is 404 g/mol. The average Bonchev–Trinajstić information content (AvgIpc) is 3.20. The predicted molar refractivity (Wildman–Crippen MR) is 119 cm³/mol. The predicted octanol–water partition coefficient (Wildman–Crippen LogP) is 3.15. The van der Waals surface area contributed by atoms with Crippen molar-refractivity contribution in [3.63, 3.8) is 0 Å². The highest BCUT2D eigenvalue weighted by atomic mass is 16.5. The molecule has 3 aromatic rings. The van der Waals surface area contributed by atoms with E-state index in [0.29, 0.717) is 12.0 Å². The van der Waals surface area contributed by atoms with Crippen LogP contribution in [0.4, 0.5) is 17.3 Å². The lowest BCUT2D eigenvalue weighted by atomic mass is 10.1. The van der Waals surface area contributed by atoms with E-state index >= 15 is 0 Å². The fraction of sp³-hybridized carbons (Fsp3) is 0.391. The number of piperazine rings is 1. The summed E-state index contributed by atoms with van der Waals surface area (Å²) in [4.78, 5) is 9.49. The van der Waals surface area contributed by atoms with E-state index in [-0.39, 0.29) is 0 Å². The molecule has 5 rings (SSSR count). The summed E-state index contributed by atoms with van der Waals surface area (Å²) in [5, 5.41) is 8.03. The van der Waals surface area contributed by atoms with Gasteiger partial charge >= 0.3 is 0 Å². The number of para-hydroxylation sites is 1. The third kappa shape index (κ3) is 3.78. The Morgan fingerprint density at radius 1 is 0.967 bits per heavy atom. The van der Waals surface area contributed by atoms with Crippen molar-refractivity contribution in [2.75, 3.05) is 49.6 Å². The highest BCUT2D eigenvalue weighted by Crippen LogP contribution is 2.29.